The first-order valence-electron chi connectivity index (χ1n) is 5.31. The van der Waals surface area contributed by atoms with E-state index in [4.69, 9.17) is 12.2 Å². The third-order valence-electron chi connectivity index (χ3n) is 2.50. The molecule has 0 radical (unpaired) electrons. The Morgan fingerprint density at radius 3 is 2.71 bits per heavy atom. The zero-order valence-electron chi connectivity index (χ0n) is 8.97. The molecule has 0 amide bonds. The highest BCUT2D eigenvalue weighted by atomic mass is 32.1. The first-order valence-corrected chi connectivity index (χ1v) is 5.72. The molecule has 3 nitrogen and oxygen atoms in total. The molecule has 0 aromatic rings. The largest absolute Gasteiger partial charge is 0.362 e. The maximum absolute atomic E-state index is 5.02. The van der Waals surface area contributed by atoms with Crippen LogP contribution in [0.1, 0.15) is 39.5 Å². The molecular formula is C10H19N3S. The normalized spacial score (nSPS) is 21.6. The fraction of sp³-hybridized carbons (Fsp3) is 0.800. The minimum atomic E-state index is 0.624. The molecule has 0 saturated heterocycles. The van der Waals surface area contributed by atoms with Crippen molar-refractivity contribution in [1.29, 1.82) is 0 Å². The van der Waals surface area contributed by atoms with Crippen LogP contribution >= 0.6 is 12.2 Å². The summed E-state index contributed by atoms with van der Waals surface area (Å²) >= 11 is 5.02. The molecule has 0 spiro atoms. The van der Waals surface area contributed by atoms with Crippen molar-refractivity contribution >= 4 is 23.0 Å². The topological polar surface area (TPSA) is 36.4 Å². The van der Waals surface area contributed by atoms with Gasteiger partial charge in [-0.1, -0.05) is 6.92 Å². The van der Waals surface area contributed by atoms with Gasteiger partial charge in [0.15, 0.2) is 5.11 Å². The second-order valence-electron chi connectivity index (χ2n) is 3.83. The van der Waals surface area contributed by atoms with Crippen LogP contribution in [0.25, 0.3) is 0 Å². The molecule has 0 aromatic heterocycles. The summed E-state index contributed by atoms with van der Waals surface area (Å²) in [5, 5.41) is 7.93. The number of nitrogens with one attached hydrogen (secondary N) is 2. The summed E-state index contributed by atoms with van der Waals surface area (Å²) in [6, 6.07) is 0. The van der Waals surface area contributed by atoms with Crippen LogP contribution < -0.4 is 10.7 Å². The van der Waals surface area contributed by atoms with E-state index in [1.165, 1.54) is 18.6 Å². The fourth-order valence-corrected chi connectivity index (χ4v) is 1.73. The standard InChI is InChI=1S/C10H19N3S/c1-3-11-10(14)13-12-9-6-4-8(2)5-7-9/h8H,3-7H2,1-2H3,(H2,11,13,14). The van der Waals surface area contributed by atoms with Crippen LogP contribution in [0.2, 0.25) is 0 Å². The zero-order chi connectivity index (χ0) is 10.4. The molecule has 0 heterocycles. The van der Waals surface area contributed by atoms with Crippen LogP contribution in [0.4, 0.5) is 0 Å². The minimum Gasteiger partial charge on any atom is -0.362 e. The van der Waals surface area contributed by atoms with E-state index in [1.54, 1.807) is 0 Å². The zero-order valence-corrected chi connectivity index (χ0v) is 9.78. The van der Waals surface area contributed by atoms with Crippen molar-refractivity contribution in [2.75, 3.05) is 6.54 Å². The smallest absolute Gasteiger partial charge is 0.186 e. The summed E-state index contributed by atoms with van der Waals surface area (Å²) in [5.74, 6) is 0.856. The van der Waals surface area contributed by atoms with Crippen molar-refractivity contribution in [3.8, 4) is 0 Å². The average molecular weight is 213 g/mol. The van der Waals surface area contributed by atoms with Crippen LogP contribution in [0, 0.1) is 5.92 Å². The summed E-state index contributed by atoms with van der Waals surface area (Å²) < 4.78 is 0. The molecule has 4 heteroatoms. The molecule has 0 atom stereocenters. The number of hydrazone groups is 1. The van der Waals surface area contributed by atoms with Gasteiger partial charge in [0.25, 0.3) is 0 Å². The van der Waals surface area contributed by atoms with Crippen LogP contribution in [-0.4, -0.2) is 17.4 Å². The molecule has 1 aliphatic rings. The van der Waals surface area contributed by atoms with E-state index in [1.807, 2.05) is 6.92 Å². The highest BCUT2D eigenvalue weighted by Gasteiger charge is 2.13. The Morgan fingerprint density at radius 1 is 1.50 bits per heavy atom. The van der Waals surface area contributed by atoms with Gasteiger partial charge in [0.1, 0.15) is 0 Å². The van der Waals surface area contributed by atoms with Crippen LogP contribution in [-0.2, 0) is 0 Å². The Hall–Kier alpha value is -0.640. The van der Waals surface area contributed by atoms with E-state index in [0.29, 0.717) is 5.11 Å². The van der Waals surface area contributed by atoms with Crippen LogP contribution in [0.15, 0.2) is 5.10 Å². The van der Waals surface area contributed by atoms with Crippen molar-refractivity contribution < 1.29 is 0 Å². The van der Waals surface area contributed by atoms with E-state index in [2.05, 4.69) is 22.8 Å². The Balaban J connectivity index is 2.27. The first kappa shape index (κ1) is 11.4. The van der Waals surface area contributed by atoms with E-state index in [9.17, 15) is 0 Å². The minimum absolute atomic E-state index is 0.624. The molecule has 1 rings (SSSR count). The van der Waals surface area contributed by atoms with Gasteiger partial charge in [-0.3, -0.25) is 5.43 Å². The van der Waals surface area contributed by atoms with Crippen molar-refractivity contribution in [1.82, 2.24) is 10.7 Å². The first-order chi connectivity index (χ1) is 6.72. The van der Waals surface area contributed by atoms with E-state index in [0.717, 1.165) is 25.3 Å². The molecular weight excluding hydrogens is 194 g/mol. The quantitative estimate of drug-likeness (QED) is 0.544. The SMILES string of the molecule is CCNC(=S)NN=C1CCC(C)CC1. The van der Waals surface area contributed by atoms with E-state index in [-0.39, 0.29) is 0 Å². The summed E-state index contributed by atoms with van der Waals surface area (Å²) in [6.45, 7) is 5.16. The predicted octanol–water partition coefficient (Wildman–Crippen LogP) is 2.04. The number of nitrogens with zero attached hydrogens (tertiary/aromatic N) is 1. The third-order valence-corrected chi connectivity index (χ3v) is 2.74. The highest BCUT2D eigenvalue weighted by molar-refractivity contribution is 7.80. The molecule has 14 heavy (non-hydrogen) atoms. The Morgan fingerprint density at radius 2 is 2.14 bits per heavy atom. The molecule has 1 saturated carbocycles. The lowest BCUT2D eigenvalue weighted by atomic mass is 9.90. The lowest BCUT2D eigenvalue weighted by Gasteiger charge is -2.19. The Kier molecular flexibility index (Phi) is 4.87. The van der Waals surface area contributed by atoms with Gasteiger partial charge in [-0.25, -0.2) is 0 Å². The molecule has 0 aliphatic heterocycles. The summed E-state index contributed by atoms with van der Waals surface area (Å²) in [6.07, 6.45) is 4.74. The van der Waals surface area contributed by atoms with Crippen LogP contribution in [0.5, 0.6) is 0 Å². The lowest BCUT2D eigenvalue weighted by molar-refractivity contribution is 0.482. The van der Waals surface area contributed by atoms with Gasteiger partial charge >= 0.3 is 0 Å². The second kappa shape index (κ2) is 5.96. The highest BCUT2D eigenvalue weighted by Crippen LogP contribution is 2.20. The fourth-order valence-electron chi connectivity index (χ4n) is 1.54. The summed E-state index contributed by atoms with van der Waals surface area (Å²) in [4.78, 5) is 0. The summed E-state index contributed by atoms with van der Waals surface area (Å²) in [5.41, 5.74) is 4.13. The predicted molar refractivity (Wildman–Crippen MR) is 64.5 cm³/mol. The van der Waals surface area contributed by atoms with Gasteiger partial charge in [-0.2, -0.15) is 5.10 Å². The number of thiocarbonyl (C=S) groups is 1. The van der Waals surface area contributed by atoms with Crippen molar-refractivity contribution in [3.63, 3.8) is 0 Å². The maximum atomic E-state index is 5.02. The molecule has 0 aromatic carbocycles. The van der Waals surface area contributed by atoms with Gasteiger partial charge in [0, 0.05) is 12.3 Å². The van der Waals surface area contributed by atoms with Crippen molar-refractivity contribution in [3.05, 3.63) is 0 Å². The summed E-state index contributed by atoms with van der Waals surface area (Å²) in [7, 11) is 0. The average Bonchev–Trinajstić information content (AvgIpc) is 2.17. The van der Waals surface area contributed by atoms with E-state index >= 15 is 0 Å². The third kappa shape index (κ3) is 4.05. The maximum Gasteiger partial charge on any atom is 0.186 e. The van der Waals surface area contributed by atoms with E-state index < -0.39 is 0 Å². The second-order valence-corrected chi connectivity index (χ2v) is 4.24. The molecule has 1 aliphatic carbocycles. The number of hydrogen-bond acceptors (Lipinski definition) is 2. The lowest BCUT2D eigenvalue weighted by Crippen LogP contribution is -2.32. The molecule has 0 unspecified atom stereocenters. The molecule has 80 valence electrons. The van der Waals surface area contributed by atoms with Gasteiger partial charge in [0.2, 0.25) is 0 Å². The van der Waals surface area contributed by atoms with Gasteiger partial charge in [-0.15, -0.1) is 0 Å². The van der Waals surface area contributed by atoms with Crippen molar-refractivity contribution in [2.45, 2.75) is 39.5 Å². The Labute approximate surface area is 91.3 Å². The van der Waals surface area contributed by atoms with Gasteiger partial charge in [-0.05, 0) is 50.7 Å². The van der Waals surface area contributed by atoms with Crippen LogP contribution in [0.3, 0.4) is 0 Å². The van der Waals surface area contributed by atoms with Crippen molar-refractivity contribution in [2.24, 2.45) is 11.0 Å². The number of hydrogen-bond donors (Lipinski definition) is 2. The monoisotopic (exact) mass is 213 g/mol. The van der Waals surface area contributed by atoms with Gasteiger partial charge in [0.05, 0.1) is 0 Å². The Bertz CT molecular complexity index is 215. The molecule has 2 N–H and O–H groups in total. The molecule has 1 fully saturated rings. The number of rotatable bonds is 2. The van der Waals surface area contributed by atoms with Gasteiger partial charge < -0.3 is 5.32 Å². The molecule has 0 bridgehead atoms.